The van der Waals surface area contributed by atoms with Crippen LogP contribution >= 0.6 is 0 Å². The average Bonchev–Trinajstić information content (AvgIpc) is 2.61. The van der Waals surface area contributed by atoms with Gasteiger partial charge in [0.2, 0.25) is 10.0 Å². The van der Waals surface area contributed by atoms with Crippen molar-refractivity contribution in [1.82, 2.24) is 4.72 Å². The predicted octanol–water partition coefficient (Wildman–Crippen LogP) is 2.24. The molecule has 25 heavy (non-hydrogen) atoms. The Hall–Kier alpha value is -2.52. The number of rotatable bonds is 6. The summed E-state index contributed by atoms with van der Waals surface area (Å²) in [6.45, 7) is -0.171. The molecule has 0 aliphatic carbocycles. The number of carbonyl (C=O) groups excluding carboxylic acids is 1. The molecule has 0 aliphatic rings. The summed E-state index contributed by atoms with van der Waals surface area (Å²) in [6, 6.07) is 6.73. The molecule has 2 aromatic rings. The number of carbonyl (C=O) groups is 1. The standard InChI is InChI=1S/C16H15F2NO5S/c1-23-15-6-3-10(7-12(15)16(20)24-2)9-19-25(21,22)11-4-5-13(17)14(18)8-11/h3-8,19H,9H2,1-2H3. The summed E-state index contributed by atoms with van der Waals surface area (Å²) in [4.78, 5) is 11.3. The number of hydrogen-bond donors (Lipinski definition) is 1. The third kappa shape index (κ3) is 4.31. The van der Waals surface area contributed by atoms with Crippen molar-refractivity contribution in [3.63, 3.8) is 0 Å². The molecule has 0 aliphatic heterocycles. The molecule has 0 radical (unpaired) electrons. The van der Waals surface area contributed by atoms with Crippen molar-refractivity contribution in [2.45, 2.75) is 11.4 Å². The van der Waals surface area contributed by atoms with Gasteiger partial charge in [-0.1, -0.05) is 6.07 Å². The van der Waals surface area contributed by atoms with E-state index in [-0.39, 0.29) is 17.9 Å². The molecule has 0 fully saturated rings. The fourth-order valence-corrected chi connectivity index (χ4v) is 3.07. The van der Waals surface area contributed by atoms with Crippen molar-refractivity contribution >= 4 is 16.0 Å². The molecule has 6 nitrogen and oxygen atoms in total. The number of hydrogen-bond acceptors (Lipinski definition) is 5. The Balaban J connectivity index is 2.22. The van der Waals surface area contributed by atoms with Gasteiger partial charge < -0.3 is 9.47 Å². The Labute approximate surface area is 143 Å². The number of halogens is 2. The van der Waals surface area contributed by atoms with Gasteiger partial charge in [0.15, 0.2) is 11.6 Å². The number of benzene rings is 2. The Bertz CT molecular complexity index is 899. The molecule has 0 bridgehead atoms. The molecule has 0 spiro atoms. The van der Waals surface area contributed by atoms with Crippen molar-refractivity contribution in [3.8, 4) is 5.75 Å². The zero-order chi connectivity index (χ0) is 18.6. The number of esters is 1. The highest BCUT2D eigenvalue weighted by atomic mass is 32.2. The predicted molar refractivity (Wildman–Crippen MR) is 84.7 cm³/mol. The first-order chi connectivity index (χ1) is 11.8. The maximum absolute atomic E-state index is 13.2. The van der Waals surface area contributed by atoms with Crippen LogP contribution in [-0.4, -0.2) is 28.6 Å². The van der Waals surface area contributed by atoms with Gasteiger partial charge in [0, 0.05) is 6.54 Å². The van der Waals surface area contributed by atoms with Crippen LogP contribution in [0.25, 0.3) is 0 Å². The van der Waals surface area contributed by atoms with Crippen LogP contribution in [0.5, 0.6) is 5.75 Å². The van der Waals surface area contributed by atoms with Crippen LogP contribution in [0.1, 0.15) is 15.9 Å². The van der Waals surface area contributed by atoms with E-state index in [0.29, 0.717) is 11.6 Å². The monoisotopic (exact) mass is 371 g/mol. The van der Waals surface area contributed by atoms with Gasteiger partial charge in [0.05, 0.1) is 19.1 Å². The van der Waals surface area contributed by atoms with Gasteiger partial charge in [-0.3, -0.25) is 0 Å². The van der Waals surface area contributed by atoms with Crippen LogP contribution < -0.4 is 9.46 Å². The van der Waals surface area contributed by atoms with Crippen LogP contribution in [0.15, 0.2) is 41.3 Å². The summed E-state index contributed by atoms with van der Waals surface area (Å²) in [5, 5.41) is 0. The van der Waals surface area contributed by atoms with Gasteiger partial charge in [-0.05, 0) is 35.9 Å². The average molecular weight is 371 g/mol. The molecule has 134 valence electrons. The van der Waals surface area contributed by atoms with Crippen LogP contribution in [0.3, 0.4) is 0 Å². The van der Waals surface area contributed by atoms with Crippen molar-refractivity contribution in [1.29, 1.82) is 0 Å². The zero-order valence-corrected chi connectivity index (χ0v) is 14.2. The van der Waals surface area contributed by atoms with E-state index in [1.54, 1.807) is 6.07 Å². The highest BCUT2D eigenvalue weighted by molar-refractivity contribution is 7.89. The van der Waals surface area contributed by atoms with E-state index in [9.17, 15) is 22.0 Å². The van der Waals surface area contributed by atoms with Crippen LogP contribution in [-0.2, 0) is 21.3 Å². The minimum absolute atomic E-state index is 0.134. The van der Waals surface area contributed by atoms with E-state index < -0.39 is 32.5 Å². The van der Waals surface area contributed by atoms with E-state index in [0.717, 1.165) is 12.1 Å². The number of methoxy groups -OCH3 is 2. The highest BCUT2D eigenvalue weighted by Crippen LogP contribution is 2.21. The fourth-order valence-electron chi connectivity index (χ4n) is 2.04. The number of nitrogens with one attached hydrogen (secondary N) is 1. The van der Waals surface area contributed by atoms with E-state index >= 15 is 0 Å². The normalized spacial score (nSPS) is 11.2. The second kappa shape index (κ2) is 7.58. The minimum Gasteiger partial charge on any atom is -0.496 e. The lowest BCUT2D eigenvalue weighted by Gasteiger charge is -2.11. The molecular formula is C16H15F2NO5S. The largest absolute Gasteiger partial charge is 0.496 e. The SMILES string of the molecule is COC(=O)c1cc(CNS(=O)(=O)c2ccc(F)c(F)c2)ccc1OC. The molecule has 9 heteroatoms. The van der Waals surface area contributed by atoms with Crippen LogP contribution in [0.2, 0.25) is 0 Å². The summed E-state index contributed by atoms with van der Waals surface area (Å²) in [7, 11) is -1.47. The molecule has 0 unspecified atom stereocenters. The molecule has 2 rings (SSSR count). The molecule has 0 saturated heterocycles. The second-order valence-corrected chi connectivity index (χ2v) is 6.69. The van der Waals surface area contributed by atoms with Gasteiger partial charge in [-0.2, -0.15) is 0 Å². The van der Waals surface area contributed by atoms with Crippen molar-refractivity contribution < 1.29 is 31.5 Å². The first kappa shape index (κ1) is 18.8. The van der Waals surface area contributed by atoms with Gasteiger partial charge >= 0.3 is 5.97 Å². The number of ether oxygens (including phenoxy) is 2. The molecule has 0 amide bonds. The van der Waals surface area contributed by atoms with E-state index in [1.165, 1.54) is 26.4 Å². The minimum atomic E-state index is -4.06. The quantitative estimate of drug-likeness (QED) is 0.788. The molecular weight excluding hydrogens is 356 g/mol. The molecule has 0 saturated carbocycles. The Kier molecular flexibility index (Phi) is 5.70. The van der Waals surface area contributed by atoms with Gasteiger partial charge in [0.25, 0.3) is 0 Å². The molecule has 0 atom stereocenters. The van der Waals surface area contributed by atoms with Crippen molar-refractivity contribution in [2.24, 2.45) is 0 Å². The van der Waals surface area contributed by atoms with Gasteiger partial charge in [-0.25, -0.2) is 26.7 Å². The van der Waals surface area contributed by atoms with E-state index in [4.69, 9.17) is 4.74 Å². The molecule has 2 aromatic carbocycles. The van der Waals surface area contributed by atoms with Crippen LogP contribution in [0, 0.1) is 11.6 Å². The maximum atomic E-state index is 13.2. The highest BCUT2D eigenvalue weighted by Gasteiger charge is 2.18. The lowest BCUT2D eigenvalue weighted by atomic mass is 10.1. The zero-order valence-electron chi connectivity index (χ0n) is 13.4. The van der Waals surface area contributed by atoms with E-state index in [2.05, 4.69) is 9.46 Å². The second-order valence-electron chi connectivity index (χ2n) is 4.93. The Morgan fingerprint density at radius 3 is 2.40 bits per heavy atom. The lowest BCUT2D eigenvalue weighted by Crippen LogP contribution is -2.23. The first-order valence-corrected chi connectivity index (χ1v) is 8.46. The number of sulfonamides is 1. The van der Waals surface area contributed by atoms with E-state index in [1.807, 2.05) is 0 Å². The third-order valence-electron chi connectivity index (χ3n) is 3.34. The topological polar surface area (TPSA) is 81.7 Å². The smallest absolute Gasteiger partial charge is 0.341 e. The summed E-state index contributed by atoms with van der Waals surface area (Å²) in [5.74, 6) is -2.77. The molecule has 1 N–H and O–H groups in total. The van der Waals surface area contributed by atoms with Gasteiger partial charge in [0.1, 0.15) is 11.3 Å². The van der Waals surface area contributed by atoms with Crippen molar-refractivity contribution in [2.75, 3.05) is 14.2 Å². The first-order valence-electron chi connectivity index (χ1n) is 6.98. The third-order valence-corrected chi connectivity index (χ3v) is 4.74. The van der Waals surface area contributed by atoms with Crippen LogP contribution in [0.4, 0.5) is 8.78 Å². The summed E-state index contributed by atoms with van der Waals surface area (Å²) in [6.07, 6.45) is 0. The Morgan fingerprint density at radius 1 is 1.08 bits per heavy atom. The summed E-state index contributed by atoms with van der Waals surface area (Å²) < 4.78 is 62.4. The lowest BCUT2D eigenvalue weighted by molar-refractivity contribution is 0.0597. The van der Waals surface area contributed by atoms with Crippen molar-refractivity contribution in [3.05, 3.63) is 59.2 Å². The van der Waals surface area contributed by atoms with Gasteiger partial charge in [-0.15, -0.1) is 0 Å². The Morgan fingerprint density at radius 2 is 1.80 bits per heavy atom. The molecule has 0 aromatic heterocycles. The maximum Gasteiger partial charge on any atom is 0.341 e. The summed E-state index contributed by atoms with van der Waals surface area (Å²) in [5.41, 5.74) is 0.585. The fraction of sp³-hybridized carbons (Fsp3) is 0.188. The summed E-state index contributed by atoms with van der Waals surface area (Å²) >= 11 is 0. The molecule has 0 heterocycles.